The minimum Gasteiger partial charge on any atom is -0.371 e. The average molecular weight is 506 g/mol. The smallest absolute Gasteiger partial charge is 0.139 e. The maximum atomic E-state index is 14.6. The molecule has 0 saturated carbocycles. The van der Waals surface area contributed by atoms with Gasteiger partial charge in [0.05, 0.1) is 16.7 Å². The largest absolute Gasteiger partial charge is 0.371 e. The highest BCUT2D eigenvalue weighted by Crippen LogP contribution is 2.40. The van der Waals surface area contributed by atoms with Gasteiger partial charge in [-0.2, -0.15) is 0 Å². The van der Waals surface area contributed by atoms with Gasteiger partial charge in [-0.25, -0.2) is 9.37 Å². The molecule has 0 atom stereocenters. The van der Waals surface area contributed by atoms with Gasteiger partial charge >= 0.3 is 0 Å². The summed E-state index contributed by atoms with van der Waals surface area (Å²) < 4.78 is 27.4. The van der Waals surface area contributed by atoms with E-state index in [1.165, 1.54) is 24.6 Å². The lowest BCUT2D eigenvalue weighted by atomic mass is 10.0. The number of pyridine rings is 1. The fourth-order valence-electron chi connectivity index (χ4n) is 5.09. The Hall–Kier alpha value is -3.15. The molecule has 2 aromatic heterocycles. The van der Waals surface area contributed by atoms with Crippen LogP contribution in [0.1, 0.15) is 12.8 Å². The second-order valence-corrected chi connectivity index (χ2v) is 13.3. The van der Waals surface area contributed by atoms with Crippen molar-refractivity contribution in [1.82, 2.24) is 14.9 Å². The monoisotopic (exact) mass is 505 g/mol. The molecule has 0 amide bonds. The SMILES string of the molecule is CN(C)C1CCN(c2ccc(-c3cc4c(Nc5cccc(F)c5P(C)(C)=O)ccnc4[nH]3)cc2)CC1. The summed E-state index contributed by atoms with van der Waals surface area (Å²) in [5, 5.41) is 4.43. The molecule has 1 fully saturated rings. The fraction of sp³-hybridized carbons (Fsp3) is 0.321. The molecule has 6 nitrogen and oxygen atoms in total. The summed E-state index contributed by atoms with van der Waals surface area (Å²) in [5.41, 5.74) is 5.31. The highest BCUT2D eigenvalue weighted by atomic mass is 31.2. The molecule has 1 saturated heterocycles. The molecular formula is C28H33FN5OP. The van der Waals surface area contributed by atoms with Gasteiger partial charge in [0.1, 0.15) is 18.6 Å². The minimum absolute atomic E-state index is 0.232. The van der Waals surface area contributed by atoms with Crippen LogP contribution in [0.5, 0.6) is 0 Å². The lowest BCUT2D eigenvalue weighted by molar-refractivity contribution is 0.249. The van der Waals surface area contributed by atoms with Crippen molar-refractivity contribution < 1.29 is 8.96 Å². The van der Waals surface area contributed by atoms with Crippen molar-refractivity contribution in [3.8, 4) is 11.3 Å². The number of hydrogen-bond acceptors (Lipinski definition) is 5. The summed E-state index contributed by atoms with van der Waals surface area (Å²) in [5.74, 6) is -0.459. The lowest BCUT2D eigenvalue weighted by Crippen LogP contribution is -2.41. The first-order valence-corrected chi connectivity index (χ1v) is 14.9. The van der Waals surface area contributed by atoms with E-state index in [0.717, 1.165) is 41.1 Å². The molecule has 188 valence electrons. The molecule has 2 N–H and O–H groups in total. The molecule has 1 aliphatic rings. The normalized spacial score (nSPS) is 15.1. The zero-order chi connectivity index (χ0) is 25.4. The van der Waals surface area contributed by atoms with E-state index in [1.807, 2.05) is 6.07 Å². The summed E-state index contributed by atoms with van der Waals surface area (Å²) in [4.78, 5) is 12.7. The number of anilines is 3. The third-order valence-electron chi connectivity index (χ3n) is 7.06. The first-order chi connectivity index (χ1) is 17.2. The van der Waals surface area contributed by atoms with Crippen molar-refractivity contribution in [3.05, 3.63) is 66.6 Å². The summed E-state index contributed by atoms with van der Waals surface area (Å²) in [6.07, 6.45) is 4.06. The van der Waals surface area contributed by atoms with Crippen LogP contribution in [-0.4, -0.2) is 61.4 Å². The Morgan fingerprint density at radius 1 is 1.06 bits per heavy atom. The number of fused-ring (bicyclic) bond motifs is 1. The highest BCUT2D eigenvalue weighted by molar-refractivity contribution is 7.70. The van der Waals surface area contributed by atoms with Crippen molar-refractivity contribution in [1.29, 1.82) is 0 Å². The van der Waals surface area contributed by atoms with Crippen LogP contribution < -0.4 is 15.5 Å². The van der Waals surface area contributed by atoms with Crippen molar-refractivity contribution in [2.75, 3.05) is 50.7 Å². The number of aromatic nitrogens is 2. The molecule has 2 aromatic carbocycles. The second kappa shape index (κ2) is 9.72. The zero-order valence-electron chi connectivity index (χ0n) is 21.3. The van der Waals surface area contributed by atoms with E-state index in [-0.39, 0.29) is 5.30 Å². The van der Waals surface area contributed by atoms with E-state index in [1.54, 1.807) is 31.7 Å². The topological polar surface area (TPSA) is 64.3 Å². The van der Waals surface area contributed by atoms with E-state index >= 15 is 0 Å². The third kappa shape index (κ3) is 4.91. The highest BCUT2D eigenvalue weighted by Gasteiger charge is 2.22. The lowest BCUT2D eigenvalue weighted by Gasteiger charge is -2.36. The minimum atomic E-state index is -2.83. The number of halogens is 1. The van der Waals surface area contributed by atoms with Crippen LogP contribution in [0.2, 0.25) is 0 Å². The van der Waals surface area contributed by atoms with Crippen LogP contribution in [0.4, 0.5) is 21.5 Å². The first-order valence-electron chi connectivity index (χ1n) is 12.3. The fourth-order valence-corrected chi connectivity index (χ4v) is 6.39. The maximum absolute atomic E-state index is 14.6. The molecule has 1 aliphatic heterocycles. The number of rotatable bonds is 6. The third-order valence-corrected chi connectivity index (χ3v) is 8.60. The second-order valence-electron chi connectivity index (χ2n) is 10.1. The maximum Gasteiger partial charge on any atom is 0.139 e. The van der Waals surface area contributed by atoms with Crippen LogP contribution in [0.15, 0.2) is 60.8 Å². The predicted molar refractivity (Wildman–Crippen MR) is 149 cm³/mol. The molecule has 36 heavy (non-hydrogen) atoms. The number of hydrogen-bond donors (Lipinski definition) is 2. The summed E-state index contributed by atoms with van der Waals surface area (Å²) in [7, 11) is 1.50. The van der Waals surface area contributed by atoms with Gasteiger partial charge in [0, 0.05) is 42.1 Å². The molecule has 4 aromatic rings. The summed E-state index contributed by atoms with van der Waals surface area (Å²) in [6.45, 7) is 5.30. The van der Waals surface area contributed by atoms with E-state index in [9.17, 15) is 8.96 Å². The predicted octanol–water partition coefficient (Wildman–Crippen LogP) is 5.89. The molecule has 0 bridgehead atoms. The van der Waals surface area contributed by atoms with Crippen molar-refractivity contribution >= 4 is 40.5 Å². The molecule has 0 unspecified atom stereocenters. The van der Waals surface area contributed by atoms with Gasteiger partial charge in [-0.15, -0.1) is 0 Å². The van der Waals surface area contributed by atoms with Gasteiger partial charge < -0.3 is 24.7 Å². The average Bonchev–Trinajstić information content (AvgIpc) is 3.29. The number of aromatic amines is 1. The molecule has 0 aliphatic carbocycles. The van der Waals surface area contributed by atoms with Gasteiger partial charge in [-0.05, 0) is 82.2 Å². The summed E-state index contributed by atoms with van der Waals surface area (Å²) >= 11 is 0. The number of nitrogens with zero attached hydrogens (tertiary/aromatic N) is 3. The van der Waals surface area contributed by atoms with Gasteiger partial charge in [0.15, 0.2) is 0 Å². The van der Waals surface area contributed by atoms with Crippen LogP contribution in [0.25, 0.3) is 22.3 Å². The van der Waals surface area contributed by atoms with Gasteiger partial charge in [-0.3, -0.25) is 0 Å². The van der Waals surface area contributed by atoms with Crippen LogP contribution in [0, 0.1) is 5.82 Å². The van der Waals surface area contributed by atoms with E-state index < -0.39 is 13.0 Å². The van der Waals surface area contributed by atoms with Crippen LogP contribution >= 0.6 is 7.14 Å². The Morgan fingerprint density at radius 2 is 1.78 bits per heavy atom. The van der Waals surface area contributed by atoms with E-state index in [2.05, 4.69) is 69.5 Å². The number of benzene rings is 2. The van der Waals surface area contributed by atoms with Crippen molar-refractivity contribution in [2.24, 2.45) is 0 Å². The molecule has 0 spiro atoms. The Kier molecular flexibility index (Phi) is 6.62. The van der Waals surface area contributed by atoms with Gasteiger partial charge in [0.25, 0.3) is 0 Å². The Labute approximate surface area is 211 Å². The first kappa shape index (κ1) is 24.5. The Morgan fingerprint density at radius 3 is 2.44 bits per heavy atom. The molecular weight excluding hydrogens is 472 g/mol. The summed E-state index contributed by atoms with van der Waals surface area (Å²) in [6, 6.07) is 18.0. The molecule has 0 radical (unpaired) electrons. The zero-order valence-corrected chi connectivity index (χ0v) is 22.1. The van der Waals surface area contributed by atoms with Crippen molar-refractivity contribution in [3.63, 3.8) is 0 Å². The Balaban J connectivity index is 1.40. The van der Waals surface area contributed by atoms with E-state index in [0.29, 0.717) is 11.7 Å². The van der Waals surface area contributed by atoms with Gasteiger partial charge in [-0.1, -0.05) is 18.2 Å². The standard InChI is InChI=1S/C28H33FN5OP/c1-33(2)20-13-16-34(17-14-20)21-10-8-19(9-11-21)26-18-22-24(12-15-30-28(22)32-26)31-25-7-5-6-23(29)27(25)36(3,4)35/h5-12,15,18,20H,13-14,16-17H2,1-4H3,(H2,30,31,32). The number of H-pyrrole nitrogens is 1. The molecule has 8 heteroatoms. The van der Waals surface area contributed by atoms with Crippen molar-refractivity contribution in [2.45, 2.75) is 18.9 Å². The van der Waals surface area contributed by atoms with E-state index in [4.69, 9.17) is 0 Å². The number of piperidine rings is 1. The molecule has 5 rings (SSSR count). The van der Waals surface area contributed by atoms with Crippen LogP contribution in [-0.2, 0) is 4.57 Å². The number of nitrogens with one attached hydrogen (secondary N) is 2. The van der Waals surface area contributed by atoms with Gasteiger partial charge in [0.2, 0.25) is 0 Å². The van der Waals surface area contributed by atoms with Crippen LogP contribution in [0.3, 0.4) is 0 Å². The quantitative estimate of drug-likeness (QED) is 0.320. The Bertz CT molecular complexity index is 1420. The molecule has 3 heterocycles.